The maximum Gasteiger partial charge on any atom is 0.268 e. The second-order valence-electron chi connectivity index (χ2n) is 8.65. The number of ether oxygens (including phenoxy) is 3. The fourth-order valence-electron chi connectivity index (χ4n) is 4.27. The van der Waals surface area contributed by atoms with E-state index in [1.54, 1.807) is 15.9 Å². The third-order valence-electron chi connectivity index (χ3n) is 5.77. The molecular formula is C24H28N4O4S2. The molecule has 0 unspecified atom stereocenters. The lowest BCUT2D eigenvalue weighted by Gasteiger charge is -2.29. The molecule has 10 heteroatoms. The van der Waals surface area contributed by atoms with Crippen molar-refractivity contribution in [2.75, 3.05) is 19.0 Å². The number of benzene rings is 1. The van der Waals surface area contributed by atoms with Gasteiger partial charge < -0.3 is 14.2 Å². The maximum atomic E-state index is 13.9. The number of aromatic nitrogens is 4. The standard InChI is InChI=1S/C24H28N4O4S2/c1-5-30-18(31-6-2)14-33-23-26-25-22-27(15-10-8-7-9-11-15)20(29)19-16-12-24(3,4)32-13-17(16)34-21(19)28(22)23/h7-11,18H,5-6,12-14H2,1-4H3. The van der Waals surface area contributed by atoms with Gasteiger partial charge in [0.25, 0.3) is 5.56 Å². The Morgan fingerprint density at radius 1 is 1.18 bits per heavy atom. The second-order valence-corrected chi connectivity index (χ2v) is 10.7. The van der Waals surface area contributed by atoms with Crippen LogP contribution in [0.4, 0.5) is 0 Å². The Morgan fingerprint density at radius 2 is 1.91 bits per heavy atom. The summed E-state index contributed by atoms with van der Waals surface area (Å²) in [4.78, 5) is 15.9. The Kier molecular flexibility index (Phi) is 6.51. The highest BCUT2D eigenvalue weighted by Gasteiger charge is 2.32. The van der Waals surface area contributed by atoms with Gasteiger partial charge in [0.15, 0.2) is 11.4 Å². The van der Waals surface area contributed by atoms with E-state index in [4.69, 9.17) is 14.2 Å². The van der Waals surface area contributed by atoms with Crippen LogP contribution in [0.25, 0.3) is 21.7 Å². The van der Waals surface area contributed by atoms with E-state index in [0.717, 1.165) is 26.3 Å². The molecule has 1 aliphatic heterocycles. The average molecular weight is 501 g/mol. The van der Waals surface area contributed by atoms with Gasteiger partial charge in [0.05, 0.1) is 29.0 Å². The third kappa shape index (κ3) is 4.18. The lowest BCUT2D eigenvalue weighted by atomic mass is 9.94. The topological polar surface area (TPSA) is 79.9 Å². The lowest BCUT2D eigenvalue weighted by molar-refractivity contribution is -0.120. The van der Waals surface area contributed by atoms with Crippen LogP contribution in [0.3, 0.4) is 0 Å². The van der Waals surface area contributed by atoms with Gasteiger partial charge >= 0.3 is 0 Å². The summed E-state index contributed by atoms with van der Waals surface area (Å²) in [5.74, 6) is 1.06. The van der Waals surface area contributed by atoms with Crippen molar-refractivity contribution in [2.24, 2.45) is 0 Å². The SMILES string of the molecule is CCOC(CSc1nnc2n(-c3ccccc3)c(=O)c3c4c(sc3n12)COC(C)(C)C4)OCC. The Morgan fingerprint density at radius 3 is 2.62 bits per heavy atom. The number of fused-ring (bicyclic) bond motifs is 5. The molecule has 1 aliphatic rings. The first-order valence-corrected chi connectivity index (χ1v) is 13.2. The minimum Gasteiger partial charge on any atom is -0.370 e. The Bertz CT molecular complexity index is 1370. The molecule has 0 aliphatic carbocycles. The van der Waals surface area contributed by atoms with Crippen LogP contribution in [0.1, 0.15) is 38.1 Å². The summed E-state index contributed by atoms with van der Waals surface area (Å²) in [6.07, 6.45) is 0.341. The first-order chi connectivity index (χ1) is 16.4. The average Bonchev–Trinajstić information content (AvgIpc) is 3.39. The number of thiophene rings is 1. The van der Waals surface area contributed by atoms with Crippen LogP contribution < -0.4 is 5.56 Å². The van der Waals surface area contributed by atoms with Gasteiger partial charge in [0, 0.05) is 24.5 Å². The van der Waals surface area contributed by atoms with E-state index in [2.05, 4.69) is 24.0 Å². The maximum absolute atomic E-state index is 13.9. The van der Waals surface area contributed by atoms with Gasteiger partial charge in [0.2, 0.25) is 5.78 Å². The van der Waals surface area contributed by atoms with Gasteiger partial charge in [-0.05, 0) is 45.4 Å². The van der Waals surface area contributed by atoms with E-state index in [-0.39, 0.29) is 17.5 Å². The monoisotopic (exact) mass is 500 g/mol. The highest BCUT2D eigenvalue weighted by Crippen LogP contribution is 2.39. The second kappa shape index (κ2) is 9.43. The normalized spacial score (nSPS) is 15.4. The van der Waals surface area contributed by atoms with Crippen molar-refractivity contribution < 1.29 is 14.2 Å². The molecule has 0 N–H and O–H groups in total. The van der Waals surface area contributed by atoms with Crippen molar-refractivity contribution in [3.8, 4) is 5.69 Å². The predicted molar refractivity (Wildman–Crippen MR) is 134 cm³/mol. The first-order valence-electron chi connectivity index (χ1n) is 11.4. The number of hydrogen-bond acceptors (Lipinski definition) is 8. The van der Waals surface area contributed by atoms with E-state index in [9.17, 15) is 4.79 Å². The first kappa shape index (κ1) is 23.5. The summed E-state index contributed by atoms with van der Waals surface area (Å²) >= 11 is 3.10. The smallest absolute Gasteiger partial charge is 0.268 e. The molecule has 0 amide bonds. The van der Waals surface area contributed by atoms with E-state index in [1.807, 2.05) is 48.6 Å². The summed E-state index contributed by atoms with van der Waals surface area (Å²) in [7, 11) is 0. The molecule has 180 valence electrons. The van der Waals surface area contributed by atoms with Crippen LogP contribution in [-0.4, -0.2) is 50.0 Å². The van der Waals surface area contributed by atoms with Gasteiger partial charge in [-0.15, -0.1) is 21.5 Å². The number of nitrogens with zero attached hydrogens (tertiary/aromatic N) is 4. The van der Waals surface area contributed by atoms with E-state index in [1.165, 1.54) is 11.8 Å². The summed E-state index contributed by atoms with van der Waals surface area (Å²) in [5.41, 5.74) is 1.43. The zero-order valence-electron chi connectivity index (χ0n) is 19.7. The zero-order valence-corrected chi connectivity index (χ0v) is 21.4. The van der Waals surface area contributed by atoms with E-state index < -0.39 is 0 Å². The van der Waals surface area contributed by atoms with Crippen molar-refractivity contribution in [2.45, 2.75) is 57.8 Å². The van der Waals surface area contributed by atoms with Gasteiger partial charge in [-0.1, -0.05) is 30.0 Å². The van der Waals surface area contributed by atoms with Gasteiger partial charge in [-0.2, -0.15) is 0 Å². The number of thioether (sulfide) groups is 1. The van der Waals surface area contributed by atoms with Crippen LogP contribution in [0.15, 0.2) is 40.3 Å². The molecule has 3 aromatic heterocycles. The van der Waals surface area contributed by atoms with Gasteiger partial charge in [-0.25, -0.2) is 8.97 Å². The molecule has 0 saturated heterocycles. The summed E-state index contributed by atoms with van der Waals surface area (Å²) in [6, 6.07) is 9.61. The molecule has 0 fully saturated rings. The molecule has 34 heavy (non-hydrogen) atoms. The van der Waals surface area contributed by atoms with Gasteiger partial charge in [0.1, 0.15) is 4.83 Å². The zero-order chi connectivity index (χ0) is 23.9. The van der Waals surface area contributed by atoms with Crippen LogP contribution in [0, 0.1) is 0 Å². The van der Waals surface area contributed by atoms with Crippen molar-refractivity contribution in [3.63, 3.8) is 0 Å². The minimum atomic E-state index is -0.339. The van der Waals surface area contributed by atoms with Gasteiger partial charge in [-0.3, -0.25) is 4.79 Å². The Labute approximate surface area is 205 Å². The van der Waals surface area contributed by atoms with E-state index in [0.29, 0.717) is 42.9 Å². The molecule has 0 atom stereocenters. The Balaban J connectivity index is 1.72. The summed E-state index contributed by atoms with van der Waals surface area (Å²) in [5, 5.41) is 10.4. The molecule has 4 heterocycles. The largest absolute Gasteiger partial charge is 0.370 e. The van der Waals surface area contributed by atoms with E-state index >= 15 is 0 Å². The van der Waals surface area contributed by atoms with Crippen molar-refractivity contribution in [1.82, 2.24) is 19.2 Å². The molecule has 0 radical (unpaired) electrons. The molecule has 8 nitrogen and oxygen atoms in total. The number of para-hydroxylation sites is 1. The molecule has 1 aromatic carbocycles. The number of rotatable bonds is 8. The lowest BCUT2D eigenvalue weighted by Crippen LogP contribution is -2.32. The highest BCUT2D eigenvalue weighted by atomic mass is 32.2. The number of hydrogen-bond donors (Lipinski definition) is 0. The predicted octanol–water partition coefficient (Wildman–Crippen LogP) is 4.44. The highest BCUT2D eigenvalue weighted by molar-refractivity contribution is 7.99. The molecular weight excluding hydrogens is 472 g/mol. The van der Waals surface area contributed by atoms with Crippen molar-refractivity contribution >= 4 is 39.1 Å². The summed E-state index contributed by atoms with van der Waals surface area (Å²) in [6.45, 7) is 9.66. The van der Waals surface area contributed by atoms with Crippen LogP contribution >= 0.6 is 23.1 Å². The van der Waals surface area contributed by atoms with Crippen molar-refractivity contribution in [1.29, 1.82) is 0 Å². The van der Waals surface area contributed by atoms with Crippen molar-refractivity contribution in [3.05, 3.63) is 51.1 Å². The fraction of sp³-hybridized carbons (Fsp3) is 0.458. The third-order valence-corrected chi connectivity index (χ3v) is 7.92. The molecule has 5 rings (SSSR count). The van der Waals surface area contributed by atoms with Crippen LogP contribution in [0.5, 0.6) is 0 Å². The summed E-state index contributed by atoms with van der Waals surface area (Å²) < 4.78 is 21.1. The van der Waals surface area contributed by atoms with Crippen LogP contribution in [0.2, 0.25) is 0 Å². The Hall–Kier alpha value is -2.24. The van der Waals surface area contributed by atoms with Crippen LogP contribution in [-0.2, 0) is 27.2 Å². The fourth-order valence-corrected chi connectivity index (χ4v) is 6.42. The molecule has 0 bridgehead atoms. The minimum absolute atomic E-state index is 0.0747. The molecule has 4 aromatic rings. The molecule has 0 saturated carbocycles. The quantitative estimate of drug-likeness (QED) is 0.261. The molecule has 0 spiro atoms.